The summed E-state index contributed by atoms with van der Waals surface area (Å²) in [5.41, 5.74) is 1.19. The number of anilines is 1. The molecule has 2 N–H and O–H groups in total. The van der Waals surface area contributed by atoms with Crippen molar-refractivity contribution in [1.82, 2.24) is 10.3 Å². The van der Waals surface area contributed by atoms with E-state index in [4.69, 9.17) is 11.6 Å². The van der Waals surface area contributed by atoms with E-state index in [1.165, 1.54) is 6.92 Å². The molecule has 1 unspecified atom stereocenters. The third kappa shape index (κ3) is 3.20. The van der Waals surface area contributed by atoms with Gasteiger partial charge in [-0.1, -0.05) is 18.2 Å². The number of nitrogens with one attached hydrogen (secondary N) is 2. The highest BCUT2D eigenvalue weighted by molar-refractivity contribution is 6.31. The highest BCUT2D eigenvalue weighted by Gasteiger charge is 2.13. The Morgan fingerprint density at radius 2 is 2.00 bits per heavy atom. The van der Waals surface area contributed by atoms with Gasteiger partial charge in [0.15, 0.2) is 0 Å². The first-order valence-corrected chi connectivity index (χ1v) is 6.11. The third-order valence-electron chi connectivity index (χ3n) is 2.48. The van der Waals surface area contributed by atoms with Crippen LogP contribution in [0.5, 0.6) is 0 Å². The van der Waals surface area contributed by atoms with Crippen molar-refractivity contribution in [3.8, 4) is 0 Å². The predicted molar refractivity (Wildman–Crippen MR) is 74.2 cm³/mol. The van der Waals surface area contributed by atoms with E-state index in [1.54, 1.807) is 18.3 Å². The van der Waals surface area contributed by atoms with E-state index in [0.29, 0.717) is 11.2 Å². The number of benzene rings is 1. The fraction of sp³-hybridized carbons (Fsp3) is 0.154. The molecule has 0 aliphatic heterocycles. The number of hydrogen-bond donors (Lipinski definition) is 2. The van der Waals surface area contributed by atoms with E-state index in [0.717, 1.165) is 5.39 Å². The Balaban J connectivity index is 2.18. The first-order valence-electron chi connectivity index (χ1n) is 5.67. The Hall–Kier alpha value is -2.14. The summed E-state index contributed by atoms with van der Waals surface area (Å²) < 4.78 is 0. The molecule has 1 aromatic heterocycles. The average molecular weight is 278 g/mol. The smallest absolute Gasteiger partial charge is 0.306 e. The number of pyridine rings is 1. The van der Waals surface area contributed by atoms with Crippen LogP contribution in [-0.4, -0.2) is 22.3 Å². The zero-order valence-electron chi connectivity index (χ0n) is 10.2. The number of amides is 3. The molecule has 0 saturated heterocycles. The number of halogens is 1. The minimum Gasteiger partial charge on any atom is -0.306 e. The summed E-state index contributed by atoms with van der Waals surface area (Å²) in [5, 5.41) is 4.86. The maximum Gasteiger partial charge on any atom is 0.325 e. The fourth-order valence-corrected chi connectivity index (χ4v) is 1.62. The number of imide groups is 1. The van der Waals surface area contributed by atoms with Gasteiger partial charge in [-0.05, 0) is 19.1 Å². The SMILES string of the molecule is CC(Cl)C(=O)NC(=O)Nc1cccc2cccnc12. The maximum atomic E-state index is 11.6. The van der Waals surface area contributed by atoms with Gasteiger partial charge in [-0.15, -0.1) is 11.6 Å². The molecular weight excluding hydrogens is 266 g/mol. The molecule has 0 bridgehead atoms. The lowest BCUT2D eigenvalue weighted by atomic mass is 10.2. The Bertz CT molecular complexity index is 623. The number of nitrogens with zero attached hydrogens (tertiary/aromatic N) is 1. The van der Waals surface area contributed by atoms with Crippen LogP contribution in [0.15, 0.2) is 36.5 Å². The number of fused-ring (bicyclic) bond motifs is 1. The summed E-state index contributed by atoms with van der Waals surface area (Å²) in [6.45, 7) is 1.49. The van der Waals surface area contributed by atoms with Crippen molar-refractivity contribution in [2.75, 3.05) is 5.32 Å². The van der Waals surface area contributed by atoms with E-state index in [-0.39, 0.29) is 0 Å². The predicted octanol–water partition coefficient (Wildman–Crippen LogP) is 2.51. The summed E-state index contributed by atoms with van der Waals surface area (Å²) in [6, 6.07) is 8.46. The zero-order chi connectivity index (χ0) is 13.8. The molecule has 5 nitrogen and oxygen atoms in total. The number of carbonyl (C=O) groups excluding carboxylic acids is 2. The summed E-state index contributed by atoms with van der Waals surface area (Å²) in [4.78, 5) is 27.1. The number of hydrogen-bond acceptors (Lipinski definition) is 3. The van der Waals surface area contributed by atoms with Crippen LogP contribution in [0.2, 0.25) is 0 Å². The minimum atomic E-state index is -0.767. The van der Waals surface area contributed by atoms with Gasteiger partial charge in [-0.25, -0.2) is 4.79 Å². The van der Waals surface area contributed by atoms with Gasteiger partial charge in [0.2, 0.25) is 5.91 Å². The van der Waals surface area contributed by atoms with E-state index in [2.05, 4.69) is 15.6 Å². The first-order chi connectivity index (χ1) is 9.08. The Morgan fingerprint density at radius 3 is 2.74 bits per heavy atom. The molecule has 0 saturated carbocycles. The normalized spacial score (nSPS) is 11.9. The lowest BCUT2D eigenvalue weighted by molar-refractivity contribution is -0.119. The van der Waals surface area contributed by atoms with Crippen molar-refractivity contribution in [3.05, 3.63) is 36.5 Å². The summed E-state index contributed by atoms with van der Waals surface area (Å²) in [6.07, 6.45) is 1.64. The van der Waals surface area contributed by atoms with Gasteiger partial charge in [0, 0.05) is 11.6 Å². The largest absolute Gasteiger partial charge is 0.325 e. The molecule has 6 heteroatoms. The molecule has 1 heterocycles. The fourth-order valence-electron chi connectivity index (χ4n) is 1.57. The second kappa shape index (κ2) is 5.67. The molecule has 0 spiro atoms. The minimum absolute atomic E-state index is 0.533. The lowest BCUT2D eigenvalue weighted by Gasteiger charge is -2.09. The topological polar surface area (TPSA) is 71.1 Å². The van der Waals surface area contributed by atoms with Crippen LogP contribution in [0, 0.1) is 0 Å². The number of aromatic nitrogens is 1. The van der Waals surface area contributed by atoms with Gasteiger partial charge in [0.05, 0.1) is 11.2 Å². The van der Waals surface area contributed by atoms with E-state index >= 15 is 0 Å². The molecule has 0 radical (unpaired) electrons. The molecule has 2 rings (SSSR count). The third-order valence-corrected chi connectivity index (χ3v) is 2.68. The molecule has 98 valence electrons. The second-order valence-corrected chi connectivity index (χ2v) is 4.59. The Labute approximate surface area is 115 Å². The van der Waals surface area contributed by atoms with Gasteiger partial charge in [0.1, 0.15) is 5.38 Å². The van der Waals surface area contributed by atoms with Crippen molar-refractivity contribution in [1.29, 1.82) is 0 Å². The maximum absolute atomic E-state index is 11.6. The standard InChI is InChI=1S/C13H12ClN3O2/c1-8(14)12(18)17-13(19)16-10-6-2-4-9-5-3-7-15-11(9)10/h2-8H,1H3,(H2,16,17,18,19). The number of urea groups is 1. The van der Waals surface area contributed by atoms with Crippen LogP contribution < -0.4 is 10.6 Å². The van der Waals surface area contributed by atoms with E-state index in [9.17, 15) is 9.59 Å². The van der Waals surface area contributed by atoms with Crippen LogP contribution >= 0.6 is 11.6 Å². The molecule has 2 aromatic rings. The molecule has 0 aliphatic carbocycles. The van der Waals surface area contributed by atoms with Crippen LogP contribution in [0.1, 0.15) is 6.92 Å². The van der Waals surface area contributed by atoms with Crippen LogP contribution in [0.25, 0.3) is 10.9 Å². The van der Waals surface area contributed by atoms with E-state index < -0.39 is 17.3 Å². The van der Waals surface area contributed by atoms with Crippen LogP contribution in [-0.2, 0) is 4.79 Å². The zero-order valence-corrected chi connectivity index (χ0v) is 10.9. The van der Waals surface area contributed by atoms with Gasteiger partial charge in [-0.3, -0.25) is 15.1 Å². The van der Waals surface area contributed by atoms with Gasteiger partial charge in [0.25, 0.3) is 0 Å². The highest BCUT2D eigenvalue weighted by Crippen LogP contribution is 2.20. The Morgan fingerprint density at radius 1 is 1.26 bits per heavy atom. The van der Waals surface area contributed by atoms with Crippen molar-refractivity contribution < 1.29 is 9.59 Å². The van der Waals surface area contributed by atoms with Crippen molar-refractivity contribution >= 4 is 40.1 Å². The molecule has 3 amide bonds. The molecule has 0 aliphatic rings. The number of rotatable bonds is 2. The van der Waals surface area contributed by atoms with Gasteiger partial charge >= 0.3 is 6.03 Å². The quantitative estimate of drug-likeness (QED) is 0.829. The molecule has 1 aromatic carbocycles. The number of para-hydroxylation sites is 1. The number of alkyl halides is 1. The molecular formula is C13H12ClN3O2. The molecule has 19 heavy (non-hydrogen) atoms. The van der Waals surface area contributed by atoms with Crippen LogP contribution in [0.3, 0.4) is 0 Å². The monoisotopic (exact) mass is 277 g/mol. The summed E-state index contributed by atoms with van der Waals surface area (Å²) in [5.74, 6) is -0.549. The average Bonchev–Trinajstić information content (AvgIpc) is 2.39. The molecule has 1 atom stereocenters. The van der Waals surface area contributed by atoms with Crippen LogP contribution in [0.4, 0.5) is 10.5 Å². The summed E-state index contributed by atoms with van der Waals surface area (Å²) >= 11 is 5.57. The lowest BCUT2D eigenvalue weighted by Crippen LogP contribution is -2.38. The Kier molecular flexibility index (Phi) is 3.97. The van der Waals surface area contributed by atoms with Crippen molar-refractivity contribution in [3.63, 3.8) is 0 Å². The van der Waals surface area contributed by atoms with Gasteiger partial charge in [-0.2, -0.15) is 0 Å². The van der Waals surface area contributed by atoms with Gasteiger partial charge < -0.3 is 5.32 Å². The van der Waals surface area contributed by atoms with E-state index in [1.807, 2.05) is 18.2 Å². The first kappa shape index (κ1) is 13.3. The second-order valence-electron chi connectivity index (χ2n) is 3.94. The highest BCUT2D eigenvalue weighted by atomic mass is 35.5. The van der Waals surface area contributed by atoms with Crippen molar-refractivity contribution in [2.45, 2.75) is 12.3 Å². The summed E-state index contributed by atoms with van der Waals surface area (Å²) in [7, 11) is 0. The van der Waals surface area contributed by atoms with Crippen molar-refractivity contribution in [2.24, 2.45) is 0 Å². The molecule has 0 fully saturated rings. The number of carbonyl (C=O) groups is 2.